The third-order valence-electron chi connectivity index (χ3n) is 11.8. The molecule has 0 aliphatic heterocycles. The highest BCUT2D eigenvalue weighted by molar-refractivity contribution is 6.29. The Kier molecular flexibility index (Phi) is 8.97. The van der Waals surface area contributed by atoms with Crippen LogP contribution in [-0.4, -0.2) is 39.2 Å². The number of nitrogens with zero attached hydrogens (tertiary/aromatic N) is 7. The predicted octanol–water partition coefficient (Wildman–Crippen LogP) is 9.85. The summed E-state index contributed by atoms with van der Waals surface area (Å²) in [6.45, 7) is 0. The Labute approximate surface area is 340 Å². The molecular formula is C47H41ClN10. The van der Waals surface area contributed by atoms with Crippen LogP contribution in [0.3, 0.4) is 0 Å². The van der Waals surface area contributed by atoms with E-state index in [-0.39, 0.29) is 11.1 Å². The van der Waals surface area contributed by atoms with Gasteiger partial charge in [0.15, 0.2) is 16.4 Å². The van der Waals surface area contributed by atoms with Crippen molar-refractivity contribution in [2.75, 3.05) is 0 Å². The Bertz CT molecular complexity index is 2860. The summed E-state index contributed by atoms with van der Waals surface area (Å²) in [7, 11) is 0. The number of fused-ring (bicyclic) bond motifs is 2. The average molecular weight is 781 g/mol. The Morgan fingerprint density at radius 2 is 1.14 bits per heavy atom. The first-order valence-electron chi connectivity index (χ1n) is 19.7. The van der Waals surface area contributed by atoms with Gasteiger partial charge in [0, 0.05) is 51.9 Å². The minimum absolute atomic E-state index is 0.138. The summed E-state index contributed by atoms with van der Waals surface area (Å²) in [6, 6.07) is 43.1. The van der Waals surface area contributed by atoms with E-state index >= 15 is 0 Å². The lowest BCUT2D eigenvalue weighted by atomic mass is 9.72. The normalized spacial score (nSPS) is 15.4. The number of hydrogen-bond donors (Lipinski definition) is 3. The first kappa shape index (κ1) is 35.9. The largest absolute Gasteiger partial charge is 0.345 e. The van der Waals surface area contributed by atoms with E-state index in [4.69, 9.17) is 33.0 Å². The molecule has 0 atom stereocenters. The molecule has 0 unspecified atom stereocenters. The number of aromatic nitrogens is 8. The first-order valence-corrected chi connectivity index (χ1v) is 20.1. The van der Waals surface area contributed by atoms with Crippen LogP contribution < -0.4 is 11.5 Å². The number of hydrogen-bond acceptors (Lipinski definition) is 7. The molecule has 4 aromatic carbocycles. The molecule has 11 heteroatoms. The van der Waals surface area contributed by atoms with E-state index in [1.807, 2.05) is 57.6 Å². The van der Waals surface area contributed by atoms with Crippen molar-refractivity contribution in [1.29, 1.82) is 0 Å². The van der Waals surface area contributed by atoms with Crippen molar-refractivity contribution in [2.45, 2.75) is 49.6 Å². The fourth-order valence-corrected chi connectivity index (χ4v) is 8.38. The third kappa shape index (κ3) is 6.35. The maximum absolute atomic E-state index is 6.53. The second-order valence-electron chi connectivity index (χ2n) is 15.4. The van der Waals surface area contributed by atoms with Crippen molar-refractivity contribution < 1.29 is 0 Å². The Hall–Kier alpha value is -6.46. The van der Waals surface area contributed by atoms with Crippen LogP contribution in [0.15, 0.2) is 146 Å². The summed E-state index contributed by atoms with van der Waals surface area (Å²) in [5.74, 6) is 0.695. The molecule has 2 saturated carbocycles. The lowest BCUT2D eigenvalue weighted by Gasteiger charge is -2.38. The number of halogens is 1. The molecule has 286 valence electrons. The summed E-state index contributed by atoms with van der Waals surface area (Å²) < 4.78 is 3.73. The molecular weight excluding hydrogens is 740 g/mol. The minimum Gasteiger partial charge on any atom is -0.345 e. The second-order valence-corrected chi connectivity index (χ2v) is 15.8. The molecule has 0 radical (unpaired) electrons. The molecule has 2 aliphatic rings. The van der Waals surface area contributed by atoms with Crippen LogP contribution in [0.5, 0.6) is 0 Å². The van der Waals surface area contributed by atoms with Crippen molar-refractivity contribution in [3.63, 3.8) is 0 Å². The van der Waals surface area contributed by atoms with Gasteiger partial charge in [0.05, 0.1) is 17.0 Å². The summed E-state index contributed by atoms with van der Waals surface area (Å²) >= 11 is 6.43. The molecule has 11 rings (SSSR count). The number of benzene rings is 4. The molecule has 9 aromatic rings. The monoisotopic (exact) mass is 780 g/mol. The maximum atomic E-state index is 6.53. The Balaban J connectivity index is 0.000000144. The van der Waals surface area contributed by atoms with Gasteiger partial charge in [0.1, 0.15) is 17.2 Å². The van der Waals surface area contributed by atoms with E-state index in [0.29, 0.717) is 16.6 Å². The molecule has 0 bridgehead atoms. The number of aromatic amines is 1. The molecule has 2 aliphatic carbocycles. The fraction of sp³-hybridized carbons (Fsp3) is 0.170. The minimum atomic E-state index is -0.193. The van der Waals surface area contributed by atoms with Gasteiger partial charge in [0.25, 0.3) is 0 Å². The topological polar surface area (TPSA) is 141 Å². The molecule has 58 heavy (non-hydrogen) atoms. The van der Waals surface area contributed by atoms with Crippen LogP contribution >= 0.6 is 11.6 Å². The van der Waals surface area contributed by atoms with E-state index in [1.54, 1.807) is 24.7 Å². The van der Waals surface area contributed by atoms with Crippen LogP contribution in [0.2, 0.25) is 5.15 Å². The highest BCUT2D eigenvalue weighted by Crippen LogP contribution is 2.42. The second kappa shape index (κ2) is 14.5. The van der Waals surface area contributed by atoms with Gasteiger partial charge >= 0.3 is 0 Å². The van der Waals surface area contributed by atoms with Crippen LogP contribution in [0, 0.1) is 0 Å². The summed E-state index contributed by atoms with van der Waals surface area (Å²) in [6.07, 6.45) is 11.9. The predicted molar refractivity (Wildman–Crippen MR) is 230 cm³/mol. The van der Waals surface area contributed by atoms with Gasteiger partial charge in [-0.05, 0) is 67.9 Å². The maximum Gasteiger partial charge on any atom is 0.166 e. The number of nitrogens with two attached hydrogens (primary N) is 2. The molecule has 0 spiro atoms. The van der Waals surface area contributed by atoms with Crippen molar-refractivity contribution in [3.8, 4) is 56.4 Å². The van der Waals surface area contributed by atoms with E-state index in [9.17, 15) is 0 Å². The van der Waals surface area contributed by atoms with E-state index < -0.39 is 0 Å². The zero-order valence-corrected chi connectivity index (χ0v) is 32.5. The van der Waals surface area contributed by atoms with Gasteiger partial charge in [-0.1, -0.05) is 121 Å². The van der Waals surface area contributed by atoms with Gasteiger partial charge in [-0.3, -0.25) is 0 Å². The smallest absolute Gasteiger partial charge is 0.166 e. The fourth-order valence-electron chi connectivity index (χ4n) is 8.19. The van der Waals surface area contributed by atoms with Crippen LogP contribution in [0.4, 0.5) is 0 Å². The summed E-state index contributed by atoms with van der Waals surface area (Å²) in [5.41, 5.74) is 25.3. The highest BCUT2D eigenvalue weighted by atomic mass is 35.5. The molecule has 5 heterocycles. The molecule has 5 aromatic heterocycles. The quantitative estimate of drug-likeness (QED) is 0.146. The molecule has 0 saturated heterocycles. The molecule has 0 amide bonds. The number of imidazole rings is 3. The van der Waals surface area contributed by atoms with Crippen molar-refractivity contribution in [1.82, 2.24) is 39.2 Å². The van der Waals surface area contributed by atoms with E-state index in [2.05, 4.69) is 93.0 Å². The zero-order valence-electron chi connectivity index (χ0n) is 31.8. The molecule has 10 nitrogen and oxygen atoms in total. The number of nitrogens with one attached hydrogen (secondary N) is 1. The van der Waals surface area contributed by atoms with Gasteiger partial charge in [-0.25, -0.2) is 24.0 Å². The average Bonchev–Trinajstić information content (AvgIpc) is 4.01. The van der Waals surface area contributed by atoms with Gasteiger partial charge in [-0.2, -0.15) is 10.2 Å². The van der Waals surface area contributed by atoms with Crippen molar-refractivity contribution >= 4 is 22.9 Å². The van der Waals surface area contributed by atoms with E-state index in [0.717, 1.165) is 81.9 Å². The Morgan fingerprint density at radius 1 is 0.586 bits per heavy atom. The number of rotatable bonds is 7. The van der Waals surface area contributed by atoms with Crippen LogP contribution in [0.25, 0.3) is 67.7 Å². The highest BCUT2D eigenvalue weighted by Gasteiger charge is 2.35. The molecule has 5 N–H and O–H groups in total. The van der Waals surface area contributed by atoms with Crippen molar-refractivity contribution in [2.24, 2.45) is 11.5 Å². The lowest BCUT2D eigenvalue weighted by molar-refractivity contribution is 0.253. The summed E-state index contributed by atoms with van der Waals surface area (Å²) in [4.78, 5) is 17.4. The van der Waals surface area contributed by atoms with Crippen molar-refractivity contribution in [3.05, 3.63) is 162 Å². The Morgan fingerprint density at radius 3 is 1.66 bits per heavy atom. The van der Waals surface area contributed by atoms with Gasteiger partial charge < -0.3 is 16.5 Å². The van der Waals surface area contributed by atoms with Crippen LogP contribution in [0.1, 0.15) is 49.7 Å². The van der Waals surface area contributed by atoms with Gasteiger partial charge in [-0.15, -0.1) is 0 Å². The van der Waals surface area contributed by atoms with E-state index in [1.165, 1.54) is 24.0 Å². The third-order valence-corrected chi connectivity index (χ3v) is 11.9. The van der Waals surface area contributed by atoms with Crippen LogP contribution in [-0.2, 0) is 11.1 Å². The SMILES string of the molecule is NC1(c2ccc(-c3nc4c(-c5ncc[nH]5)cc(Cl)nn4c3-c3ccccc3)cc2)CCC1.NC1(c2ccc(-c3nc4cccnn4c3-c3ccccc3)cc2)CCC1. The zero-order chi connectivity index (χ0) is 39.3. The number of H-pyrrole nitrogens is 1. The lowest BCUT2D eigenvalue weighted by Crippen LogP contribution is -2.43. The standard InChI is InChI=1S/C25H21ClN6.C22H20N4/c26-20-15-19(23-28-13-14-29-23)24-30-21(22(32(24)31-20)17-5-2-1-3-6-17)16-7-9-18(10-8-16)25(27)11-4-12-25;23-22(13-5-14-22)18-11-9-16(10-12-18)20-21(17-6-2-1-3-7-17)26-19(25-20)8-4-15-24-26/h1-3,5-10,13-15H,4,11-12,27H2,(H,28,29);1-4,6-12,15H,5,13-14,23H2. The van der Waals surface area contributed by atoms with Gasteiger partial charge in [0.2, 0.25) is 0 Å². The first-order chi connectivity index (χ1) is 28.4. The molecule has 2 fully saturated rings. The summed E-state index contributed by atoms with van der Waals surface area (Å²) in [5, 5.41) is 9.49.